The lowest BCUT2D eigenvalue weighted by Gasteiger charge is -2.30. The first kappa shape index (κ1) is 19.7. The van der Waals surface area contributed by atoms with Crippen molar-refractivity contribution < 1.29 is 4.79 Å². The summed E-state index contributed by atoms with van der Waals surface area (Å²) in [6.45, 7) is 10.3. The van der Waals surface area contributed by atoms with E-state index < -0.39 is 0 Å². The third kappa shape index (κ3) is 9.43. The smallest absolute Gasteiger partial charge is 0.221 e. The summed E-state index contributed by atoms with van der Waals surface area (Å²) in [6, 6.07) is 0. The fraction of sp³-hybridized carbons (Fsp3) is 0.882. The Bertz CT molecular complexity index is 351. The van der Waals surface area contributed by atoms with Crippen LogP contribution in [0.25, 0.3) is 0 Å². The van der Waals surface area contributed by atoms with E-state index in [1.807, 2.05) is 0 Å². The zero-order chi connectivity index (χ0) is 16.9. The lowest BCUT2D eigenvalue weighted by molar-refractivity contribution is -0.120. The van der Waals surface area contributed by atoms with Crippen LogP contribution >= 0.6 is 0 Å². The summed E-state index contributed by atoms with van der Waals surface area (Å²) in [6.07, 6.45) is 5.23. The van der Waals surface area contributed by atoms with E-state index in [-0.39, 0.29) is 5.91 Å². The maximum Gasteiger partial charge on any atom is 0.221 e. The van der Waals surface area contributed by atoms with Crippen molar-refractivity contribution >= 4 is 11.9 Å². The second kappa shape index (κ2) is 12.2. The van der Waals surface area contributed by atoms with Gasteiger partial charge in [0.1, 0.15) is 0 Å². The minimum absolute atomic E-state index is 0.0918. The summed E-state index contributed by atoms with van der Waals surface area (Å²) in [7, 11) is 1.76. The number of hydrogen-bond acceptors (Lipinski definition) is 3. The van der Waals surface area contributed by atoms with E-state index in [2.05, 4.69) is 39.7 Å². The Morgan fingerprint density at radius 3 is 2.48 bits per heavy atom. The Hall–Kier alpha value is -1.30. The van der Waals surface area contributed by atoms with E-state index in [0.717, 1.165) is 44.4 Å². The molecule has 1 amide bonds. The van der Waals surface area contributed by atoms with Crippen molar-refractivity contribution in [2.75, 3.05) is 46.3 Å². The van der Waals surface area contributed by atoms with Gasteiger partial charge in [0.05, 0.1) is 0 Å². The molecule has 1 saturated heterocycles. The molecule has 1 rings (SSSR count). The lowest BCUT2D eigenvalue weighted by atomic mass is 9.99. The molecule has 0 saturated carbocycles. The van der Waals surface area contributed by atoms with Crippen molar-refractivity contribution in [3.63, 3.8) is 0 Å². The fourth-order valence-corrected chi connectivity index (χ4v) is 2.66. The zero-order valence-corrected chi connectivity index (χ0v) is 15.2. The third-order valence-electron chi connectivity index (χ3n) is 4.26. The van der Waals surface area contributed by atoms with Gasteiger partial charge in [-0.25, -0.2) is 0 Å². The standard InChI is InChI=1S/C17H35N5O/c1-4-9-19-16(23)6-11-21-17(18-3)20-10-5-12-22-13-7-15(2)8-14-22/h15H,4-14H2,1-3H3,(H,19,23)(H2,18,20,21). The van der Waals surface area contributed by atoms with Gasteiger partial charge in [-0.3, -0.25) is 9.79 Å². The van der Waals surface area contributed by atoms with Crippen LogP contribution in [0.4, 0.5) is 0 Å². The minimum atomic E-state index is 0.0918. The second-order valence-electron chi connectivity index (χ2n) is 6.40. The van der Waals surface area contributed by atoms with Crippen LogP contribution < -0.4 is 16.0 Å². The quantitative estimate of drug-likeness (QED) is 0.338. The normalized spacial score (nSPS) is 17.1. The number of carbonyl (C=O) groups excluding carboxylic acids is 1. The highest BCUT2D eigenvalue weighted by atomic mass is 16.1. The zero-order valence-electron chi connectivity index (χ0n) is 15.2. The number of aliphatic imine (C=N–C) groups is 1. The van der Waals surface area contributed by atoms with E-state index >= 15 is 0 Å². The van der Waals surface area contributed by atoms with Crippen LogP contribution in [0.2, 0.25) is 0 Å². The van der Waals surface area contributed by atoms with Crippen molar-refractivity contribution in [1.29, 1.82) is 0 Å². The summed E-state index contributed by atoms with van der Waals surface area (Å²) in [5, 5.41) is 9.37. The number of amides is 1. The number of nitrogens with one attached hydrogen (secondary N) is 3. The molecule has 3 N–H and O–H groups in total. The molecule has 1 aliphatic rings. The van der Waals surface area contributed by atoms with E-state index in [9.17, 15) is 4.79 Å². The molecule has 0 atom stereocenters. The number of hydrogen-bond donors (Lipinski definition) is 3. The molecular weight excluding hydrogens is 290 g/mol. The SMILES string of the molecule is CCCNC(=O)CCNC(=NC)NCCCN1CCC(C)CC1. The molecule has 1 heterocycles. The van der Waals surface area contributed by atoms with E-state index in [0.29, 0.717) is 13.0 Å². The first-order valence-corrected chi connectivity index (χ1v) is 9.09. The summed E-state index contributed by atoms with van der Waals surface area (Å²) < 4.78 is 0. The minimum Gasteiger partial charge on any atom is -0.356 e. The number of carbonyl (C=O) groups is 1. The van der Waals surface area contributed by atoms with Crippen LogP contribution in [0.3, 0.4) is 0 Å². The largest absolute Gasteiger partial charge is 0.356 e. The molecule has 0 unspecified atom stereocenters. The number of likely N-dealkylation sites (tertiary alicyclic amines) is 1. The third-order valence-corrected chi connectivity index (χ3v) is 4.26. The van der Waals surface area contributed by atoms with Crippen molar-refractivity contribution in [3.8, 4) is 0 Å². The number of piperidine rings is 1. The average molecular weight is 326 g/mol. The molecule has 0 aromatic rings. The Kier molecular flexibility index (Phi) is 10.4. The molecule has 1 fully saturated rings. The molecule has 0 spiro atoms. The molecule has 0 radical (unpaired) electrons. The molecule has 0 aromatic heterocycles. The van der Waals surface area contributed by atoms with Gasteiger partial charge in [0.2, 0.25) is 5.91 Å². The molecule has 0 bridgehead atoms. The van der Waals surface area contributed by atoms with E-state index in [1.54, 1.807) is 7.05 Å². The van der Waals surface area contributed by atoms with Crippen LogP contribution in [-0.4, -0.2) is 63.1 Å². The molecule has 6 nitrogen and oxygen atoms in total. The summed E-state index contributed by atoms with van der Waals surface area (Å²) >= 11 is 0. The fourth-order valence-electron chi connectivity index (χ4n) is 2.66. The van der Waals surface area contributed by atoms with Gasteiger partial charge in [0, 0.05) is 33.1 Å². The highest BCUT2D eigenvalue weighted by Crippen LogP contribution is 2.15. The maximum absolute atomic E-state index is 11.5. The lowest BCUT2D eigenvalue weighted by Crippen LogP contribution is -2.41. The summed E-state index contributed by atoms with van der Waals surface area (Å²) in [4.78, 5) is 18.3. The molecule has 23 heavy (non-hydrogen) atoms. The van der Waals surface area contributed by atoms with Crippen molar-refractivity contribution in [1.82, 2.24) is 20.9 Å². The van der Waals surface area contributed by atoms with E-state index in [4.69, 9.17) is 0 Å². The first-order chi connectivity index (χ1) is 11.2. The monoisotopic (exact) mass is 325 g/mol. The summed E-state index contributed by atoms with van der Waals surface area (Å²) in [5.41, 5.74) is 0. The Balaban J connectivity index is 2.04. The van der Waals surface area contributed by atoms with Crippen LogP contribution in [-0.2, 0) is 4.79 Å². The Morgan fingerprint density at radius 1 is 1.13 bits per heavy atom. The van der Waals surface area contributed by atoms with Gasteiger partial charge in [0.15, 0.2) is 5.96 Å². The summed E-state index contributed by atoms with van der Waals surface area (Å²) in [5.74, 6) is 1.76. The van der Waals surface area contributed by atoms with Gasteiger partial charge in [-0.1, -0.05) is 13.8 Å². The number of nitrogens with zero attached hydrogens (tertiary/aromatic N) is 2. The van der Waals surface area contributed by atoms with Gasteiger partial charge in [-0.05, 0) is 51.2 Å². The number of guanidine groups is 1. The highest BCUT2D eigenvalue weighted by molar-refractivity contribution is 5.81. The Labute approximate surface area is 141 Å². The molecule has 0 aromatic carbocycles. The molecule has 1 aliphatic heterocycles. The molecule has 134 valence electrons. The van der Waals surface area contributed by atoms with Gasteiger partial charge in [-0.2, -0.15) is 0 Å². The predicted octanol–water partition coefficient (Wildman–Crippen LogP) is 1.19. The van der Waals surface area contributed by atoms with Crippen LogP contribution in [0.15, 0.2) is 4.99 Å². The molecule has 0 aliphatic carbocycles. The van der Waals surface area contributed by atoms with Gasteiger partial charge < -0.3 is 20.9 Å². The molecular formula is C17H35N5O. The first-order valence-electron chi connectivity index (χ1n) is 9.09. The van der Waals surface area contributed by atoms with Crippen molar-refractivity contribution in [3.05, 3.63) is 0 Å². The van der Waals surface area contributed by atoms with Gasteiger partial charge in [0.25, 0.3) is 0 Å². The van der Waals surface area contributed by atoms with Crippen LogP contribution in [0.5, 0.6) is 0 Å². The number of rotatable bonds is 9. The van der Waals surface area contributed by atoms with Gasteiger partial charge >= 0.3 is 0 Å². The topological polar surface area (TPSA) is 68.8 Å². The van der Waals surface area contributed by atoms with Crippen LogP contribution in [0, 0.1) is 5.92 Å². The van der Waals surface area contributed by atoms with E-state index in [1.165, 1.54) is 25.9 Å². The van der Waals surface area contributed by atoms with Crippen LogP contribution in [0.1, 0.15) is 46.0 Å². The molecule has 6 heteroatoms. The predicted molar refractivity (Wildman–Crippen MR) is 96.7 cm³/mol. The Morgan fingerprint density at radius 2 is 1.83 bits per heavy atom. The van der Waals surface area contributed by atoms with Gasteiger partial charge in [-0.15, -0.1) is 0 Å². The van der Waals surface area contributed by atoms with Crippen molar-refractivity contribution in [2.24, 2.45) is 10.9 Å². The maximum atomic E-state index is 11.5. The van der Waals surface area contributed by atoms with Crippen molar-refractivity contribution in [2.45, 2.75) is 46.0 Å². The average Bonchev–Trinajstić information content (AvgIpc) is 2.56. The highest BCUT2D eigenvalue weighted by Gasteiger charge is 2.14. The second-order valence-corrected chi connectivity index (χ2v) is 6.40.